The summed E-state index contributed by atoms with van der Waals surface area (Å²) >= 11 is 0. The Morgan fingerprint density at radius 2 is 2.03 bits per heavy atom. The van der Waals surface area contributed by atoms with E-state index in [-0.39, 0.29) is 35.8 Å². The summed E-state index contributed by atoms with van der Waals surface area (Å²) in [6.45, 7) is 1.77. The van der Waals surface area contributed by atoms with Gasteiger partial charge in [-0.2, -0.15) is 13.2 Å². The number of hydrazine groups is 1. The van der Waals surface area contributed by atoms with Crippen LogP contribution in [0.3, 0.4) is 0 Å². The van der Waals surface area contributed by atoms with Gasteiger partial charge in [-0.05, 0) is 24.6 Å². The first-order valence-corrected chi connectivity index (χ1v) is 8.48. The van der Waals surface area contributed by atoms with Gasteiger partial charge in [0.2, 0.25) is 0 Å². The third-order valence-corrected chi connectivity index (χ3v) is 4.15. The minimum Gasteiger partial charge on any atom is -0.394 e. The molecular weight excluding hydrogens is 391 g/mol. The number of alkyl halides is 3. The Balaban J connectivity index is 1.86. The Kier molecular flexibility index (Phi) is 5.20. The first-order chi connectivity index (χ1) is 13.6. The van der Waals surface area contributed by atoms with E-state index in [4.69, 9.17) is 11.6 Å². The van der Waals surface area contributed by atoms with Crippen LogP contribution in [0.2, 0.25) is 0 Å². The van der Waals surface area contributed by atoms with Gasteiger partial charge in [-0.25, -0.2) is 15.6 Å². The van der Waals surface area contributed by atoms with Crippen molar-refractivity contribution in [2.24, 2.45) is 11.6 Å². The number of halogens is 3. The molecule has 3 rings (SSSR count). The van der Waals surface area contributed by atoms with Crippen LogP contribution in [-0.4, -0.2) is 24.5 Å². The summed E-state index contributed by atoms with van der Waals surface area (Å²) in [5.41, 5.74) is 4.46. The number of rotatable bonds is 5. The quantitative estimate of drug-likeness (QED) is 0.367. The molecule has 0 saturated carbocycles. The lowest BCUT2D eigenvalue weighted by Gasteiger charge is -2.16. The number of hydrogen-bond acceptors (Lipinski definition) is 6. The highest BCUT2D eigenvalue weighted by atomic mass is 19.4. The van der Waals surface area contributed by atoms with Gasteiger partial charge < -0.3 is 15.7 Å². The molecule has 9 nitrogen and oxygen atoms in total. The van der Waals surface area contributed by atoms with Crippen molar-refractivity contribution < 1.29 is 13.2 Å². The Morgan fingerprint density at radius 3 is 2.69 bits per heavy atom. The van der Waals surface area contributed by atoms with Crippen LogP contribution >= 0.6 is 0 Å². The molecule has 29 heavy (non-hydrogen) atoms. The summed E-state index contributed by atoms with van der Waals surface area (Å²) in [5, 5.41) is 1.09. The standard InChI is InChI=1S/C17H18F3N7O2/c1-2-27-15(28)12-14(25-16(27)29)24-13(23-12)11(21)8-26(22)7-9-4-3-5-10(6-9)17(18,19)20/h3-6,8H,2,7,21-22H2,1H3,(H,23,24)(H,25,29)/b11-8-. The van der Waals surface area contributed by atoms with Gasteiger partial charge in [0.1, 0.15) is 5.52 Å². The second-order valence-corrected chi connectivity index (χ2v) is 6.24. The summed E-state index contributed by atoms with van der Waals surface area (Å²) in [6, 6.07) is 4.74. The van der Waals surface area contributed by atoms with Crippen molar-refractivity contribution in [3.05, 3.63) is 68.3 Å². The molecule has 1 aromatic carbocycles. The van der Waals surface area contributed by atoms with Crippen LogP contribution in [0.1, 0.15) is 23.9 Å². The summed E-state index contributed by atoms with van der Waals surface area (Å²) in [5.74, 6) is 5.91. The normalized spacial score (nSPS) is 12.5. The van der Waals surface area contributed by atoms with E-state index in [1.807, 2.05) is 0 Å². The molecule has 0 aliphatic heterocycles. The highest BCUT2D eigenvalue weighted by Gasteiger charge is 2.30. The van der Waals surface area contributed by atoms with Crippen LogP contribution < -0.4 is 22.8 Å². The Hall–Kier alpha value is -3.54. The molecule has 0 aliphatic rings. The van der Waals surface area contributed by atoms with E-state index in [0.29, 0.717) is 5.56 Å². The van der Waals surface area contributed by atoms with Crippen LogP contribution in [0.25, 0.3) is 16.9 Å². The van der Waals surface area contributed by atoms with Crippen LogP contribution in [-0.2, 0) is 19.3 Å². The van der Waals surface area contributed by atoms with Crippen LogP contribution in [0.4, 0.5) is 13.2 Å². The molecule has 3 aromatic rings. The van der Waals surface area contributed by atoms with Gasteiger partial charge in [0.05, 0.1) is 17.8 Å². The minimum atomic E-state index is -4.46. The van der Waals surface area contributed by atoms with Crippen LogP contribution in [0.15, 0.2) is 40.1 Å². The number of imidazole rings is 1. The molecule has 154 valence electrons. The zero-order valence-electron chi connectivity index (χ0n) is 15.2. The second kappa shape index (κ2) is 7.47. The van der Waals surface area contributed by atoms with E-state index < -0.39 is 23.0 Å². The molecule has 2 aromatic heterocycles. The Morgan fingerprint density at radius 1 is 1.31 bits per heavy atom. The van der Waals surface area contributed by atoms with Crippen molar-refractivity contribution in [2.75, 3.05) is 0 Å². The van der Waals surface area contributed by atoms with Crippen molar-refractivity contribution in [3.63, 3.8) is 0 Å². The second-order valence-electron chi connectivity index (χ2n) is 6.24. The number of hydrogen-bond donors (Lipinski definition) is 4. The topological polar surface area (TPSA) is 139 Å². The van der Waals surface area contributed by atoms with Gasteiger partial charge in [0, 0.05) is 12.7 Å². The number of aromatic amines is 2. The lowest BCUT2D eigenvalue weighted by Crippen LogP contribution is -2.34. The fraction of sp³-hybridized carbons (Fsp3) is 0.235. The third kappa shape index (κ3) is 4.16. The zero-order chi connectivity index (χ0) is 21.3. The molecule has 0 unspecified atom stereocenters. The third-order valence-electron chi connectivity index (χ3n) is 4.15. The van der Waals surface area contributed by atoms with Crippen molar-refractivity contribution in [1.29, 1.82) is 0 Å². The molecule has 0 bridgehead atoms. The lowest BCUT2D eigenvalue weighted by atomic mass is 10.1. The molecule has 0 aliphatic carbocycles. The van der Waals surface area contributed by atoms with E-state index >= 15 is 0 Å². The maximum atomic E-state index is 12.8. The SMILES string of the molecule is CCn1c(=O)[nH]c2nc(/C(N)=C/N(N)Cc3cccc(C(F)(F)F)c3)[nH]c2c1=O. The van der Waals surface area contributed by atoms with Gasteiger partial charge in [0.15, 0.2) is 11.5 Å². The average Bonchev–Trinajstić information content (AvgIpc) is 3.06. The first kappa shape index (κ1) is 20.2. The highest BCUT2D eigenvalue weighted by molar-refractivity contribution is 5.73. The van der Waals surface area contributed by atoms with Gasteiger partial charge >= 0.3 is 11.9 Å². The molecule has 0 saturated heterocycles. The summed E-state index contributed by atoms with van der Waals surface area (Å²) in [7, 11) is 0. The number of nitrogens with one attached hydrogen (secondary N) is 2. The molecule has 0 radical (unpaired) electrons. The molecule has 12 heteroatoms. The zero-order valence-corrected chi connectivity index (χ0v) is 15.2. The first-order valence-electron chi connectivity index (χ1n) is 8.48. The lowest BCUT2D eigenvalue weighted by molar-refractivity contribution is -0.137. The predicted octanol–water partition coefficient (Wildman–Crippen LogP) is 1.08. The molecule has 0 amide bonds. The fourth-order valence-corrected chi connectivity index (χ4v) is 2.78. The maximum absolute atomic E-state index is 12.8. The summed E-state index contributed by atoms with van der Waals surface area (Å²) in [4.78, 5) is 33.4. The van der Waals surface area contributed by atoms with E-state index in [0.717, 1.165) is 21.7 Å². The van der Waals surface area contributed by atoms with Crippen LogP contribution in [0.5, 0.6) is 0 Å². The van der Waals surface area contributed by atoms with Crippen molar-refractivity contribution >= 4 is 16.9 Å². The molecule has 6 N–H and O–H groups in total. The number of benzene rings is 1. The van der Waals surface area contributed by atoms with E-state index in [1.54, 1.807) is 6.92 Å². The van der Waals surface area contributed by atoms with Gasteiger partial charge in [-0.15, -0.1) is 0 Å². The molecule has 0 fully saturated rings. The molecular formula is C17H18F3N7O2. The van der Waals surface area contributed by atoms with Crippen molar-refractivity contribution in [3.8, 4) is 0 Å². The van der Waals surface area contributed by atoms with Gasteiger partial charge in [-0.3, -0.25) is 14.3 Å². The number of nitrogens with zero attached hydrogens (tertiary/aromatic N) is 3. The van der Waals surface area contributed by atoms with E-state index in [9.17, 15) is 22.8 Å². The maximum Gasteiger partial charge on any atom is 0.416 e. The van der Waals surface area contributed by atoms with Crippen LogP contribution in [0, 0.1) is 0 Å². The van der Waals surface area contributed by atoms with E-state index in [1.165, 1.54) is 18.3 Å². The Bertz CT molecular complexity index is 1190. The van der Waals surface area contributed by atoms with Gasteiger partial charge in [-0.1, -0.05) is 12.1 Å². The predicted molar refractivity (Wildman–Crippen MR) is 100.0 cm³/mol. The van der Waals surface area contributed by atoms with Gasteiger partial charge in [0.25, 0.3) is 5.56 Å². The largest absolute Gasteiger partial charge is 0.416 e. The number of fused-ring (bicyclic) bond motifs is 1. The molecule has 2 heterocycles. The summed E-state index contributed by atoms with van der Waals surface area (Å²) in [6.07, 6.45) is -3.20. The molecule has 0 spiro atoms. The van der Waals surface area contributed by atoms with E-state index in [2.05, 4.69) is 15.0 Å². The number of aromatic nitrogens is 4. The average molecular weight is 409 g/mol. The molecule has 0 atom stereocenters. The summed E-state index contributed by atoms with van der Waals surface area (Å²) < 4.78 is 39.4. The highest BCUT2D eigenvalue weighted by Crippen LogP contribution is 2.29. The van der Waals surface area contributed by atoms with Crippen molar-refractivity contribution in [2.45, 2.75) is 26.2 Å². The smallest absolute Gasteiger partial charge is 0.394 e. The Labute approximate surface area is 161 Å². The number of nitrogens with two attached hydrogens (primary N) is 2. The fourth-order valence-electron chi connectivity index (χ4n) is 2.78. The van der Waals surface area contributed by atoms with Crippen molar-refractivity contribution in [1.82, 2.24) is 24.5 Å². The minimum absolute atomic E-state index is 0.0268. The monoisotopic (exact) mass is 409 g/mol. The number of H-pyrrole nitrogens is 2.